The Morgan fingerprint density at radius 1 is 1.38 bits per heavy atom. The number of nitrogens with one attached hydrogen (secondary N) is 1. The molecule has 2 rings (SSSR count). The van der Waals surface area contributed by atoms with Crippen LogP contribution in [0.1, 0.15) is 39.8 Å². The van der Waals surface area contributed by atoms with Crippen molar-refractivity contribution >= 4 is 29.0 Å². The molecule has 3 nitrogen and oxygen atoms in total. The number of carbonyl (C=O) groups excluding carboxylic acids is 1. The number of halogens is 1. The normalized spacial score (nSPS) is 11.0. The number of thiazole rings is 1. The Hall–Kier alpha value is -1.40. The Bertz CT molecular complexity index is 685. The molecule has 0 spiro atoms. The fourth-order valence-electron chi connectivity index (χ4n) is 2.21. The van der Waals surface area contributed by atoms with Gasteiger partial charge in [0.05, 0.1) is 10.7 Å². The van der Waals surface area contributed by atoms with Gasteiger partial charge in [0.1, 0.15) is 10.7 Å². The number of carbonyl (C=O) groups is 1. The highest BCUT2D eigenvalue weighted by atomic mass is 32.2. The molecule has 0 radical (unpaired) electrons. The monoisotopic (exact) mass is 366 g/mol. The van der Waals surface area contributed by atoms with Crippen LogP contribution in [0.25, 0.3) is 0 Å². The summed E-state index contributed by atoms with van der Waals surface area (Å²) < 4.78 is 13.5. The molecule has 1 N–H and O–H groups in total. The Morgan fingerprint density at radius 2 is 2.12 bits per heavy atom. The second-order valence-electron chi connectivity index (χ2n) is 6.02. The van der Waals surface area contributed by atoms with Gasteiger partial charge in [-0.25, -0.2) is 9.37 Å². The lowest BCUT2D eigenvalue weighted by Crippen LogP contribution is -2.25. The largest absolute Gasteiger partial charge is 0.350 e. The fraction of sp³-hybridized carbons (Fsp3) is 0.444. The van der Waals surface area contributed by atoms with Crippen molar-refractivity contribution in [3.63, 3.8) is 0 Å². The van der Waals surface area contributed by atoms with Crippen LogP contribution in [0, 0.1) is 18.7 Å². The van der Waals surface area contributed by atoms with Gasteiger partial charge in [0, 0.05) is 24.5 Å². The molecule has 0 bridgehead atoms. The predicted molar refractivity (Wildman–Crippen MR) is 100 cm³/mol. The molecule has 1 heterocycles. The lowest BCUT2D eigenvalue weighted by molar-refractivity contribution is 0.0959. The van der Waals surface area contributed by atoms with Gasteiger partial charge in [-0.3, -0.25) is 4.79 Å². The molecular formula is C18H23FN2OS2. The Morgan fingerprint density at radius 3 is 2.83 bits per heavy atom. The van der Waals surface area contributed by atoms with Crippen LogP contribution in [0.3, 0.4) is 0 Å². The number of nitrogens with zero attached hydrogens (tertiary/aromatic N) is 1. The third kappa shape index (κ3) is 5.60. The van der Waals surface area contributed by atoms with Crippen molar-refractivity contribution in [2.45, 2.75) is 32.9 Å². The number of aryl methyl sites for hydroxylation is 1. The molecule has 0 aliphatic heterocycles. The van der Waals surface area contributed by atoms with Crippen LogP contribution < -0.4 is 5.32 Å². The van der Waals surface area contributed by atoms with Crippen LogP contribution in [0.4, 0.5) is 4.39 Å². The maximum absolute atomic E-state index is 13.5. The molecular weight excluding hydrogens is 343 g/mol. The third-order valence-corrected chi connectivity index (χ3v) is 5.56. The molecule has 24 heavy (non-hydrogen) atoms. The van der Waals surface area contributed by atoms with Crippen LogP contribution in [0.2, 0.25) is 0 Å². The first-order valence-corrected chi connectivity index (χ1v) is 10.00. The number of amides is 1. The van der Waals surface area contributed by atoms with E-state index in [0.717, 1.165) is 22.9 Å². The van der Waals surface area contributed by atoms with Gasteiger partial charge in [-0.05, 0) is 24.5 Å². The van der Waals surface area contributed by atoms with Crippen LogP contribution in [0.15, 0.2) is 24.3 Å². The van der Waals surface area contributed by atoms with Gasteiger partial charge in [0.15, 0.2) is 0 Å². The summed E-state index contributed by atoms with van der Waals surface area (Å²) in [6.45, 7) is 6.73. The number of aromatic nitrogens is 1. The molecule has 1 amide bonds. The molecule has 0 atom stereocenters. The van der Waals surface area contributed by atoms with E-state index in [4.69, 9.17) is 0 Å². The van der Waals surface area contributed by atoms with Crippen LogP contribution in [-0.4, -0.2) is 23.2 Å². The number of hydrogen-bond acceptors (Lipinski definition) is 4. The van der Waals surface area contributed by atoms with Crippen LogP contribution in [0.5, 0.6) is 0 Å². The van der Waals surface area contributed by atoms with Gasteiger partial charge in [0.2, 0.25) is 0 Å². The van der Waals surface area contributed by atoms with Crippen LogP contribution in [-0.2, 0) is 12.2 Å². The summed E-state index contributed by atoms with van der Waals surface area (Å²) in [4.78, 5) is 17.4. The zero-order valence-electron chi connectivity index (χ0n) is 14.3. The lowest BCUT2D eigenvalue weighted by Gasteiger charge is -2.05. The van der Waals surface area contributed by atoms with Gasteiger partial charge in [-0.1, -0.05) is 32.0 Å². The van der Waals surface area contributed by atoms with Crippen molar-refractivity contribution in [3.8, 4) is 0 Å². The summed E-state index contributed by atoms with van der Waals surface area (Å²) in [5.74, 6) is 1.65. The first kappa shape index (κ1) is 18.9. The highest BCUT2D eigenvalue weighted by Crippen LogP contribution is 2.21. The number of rotatable bonds is 8. The summed E-state index contributed by atoms with van der Waals surface area (Å²) in [5, 5.41) is 3.94. The second kappa shape index (κ2) is 9.18. The highest BCUT2D eigenvalue weighted by molar-refractivity contribution is 7.98. The summed E-state index contributed by atoms with van der Waals surface area (Å²) in [7, 11) is 0. The number of benzene rings is 1. The SMILES string of the molecule is Cc1nc(CC(C)C)sc1C(=O)NCCSCc1ccccc1F. The third-order valence-electron chi connectivity index (χ3n) is 3.38. The molecule has 6 heteroatoms. The predicted octanol–water partition coefficient (Wildman–Crippen LogP) is 4.45. The topological polar surface area (TPSA) is 42.0 Å². The minimum atomic E-state index is -0.174. The van der Waals surface area contributed by atoms with Crippen LogP contribution >= 0.6 is 23.1 Å². The van der Waals surface area contributed by atoms with Gasteiger partial charge in [-0.2, -0.15) is 11.8 Å². The van der Waals surface area contributed by atoms with Crippen molar-refractivity contribution in [3.05, 3.63) is 51.2 Å². The summed E-state index contributed by atoms with van der Waals surface area (Å²) >= 11 is 3.09. The maximum Gasteiger partial charge on any atom is 0.263 e. The van der Waals surface area contributed by atoms with Gasteiger partial charge in [-0.15, -0.1) is 11.3 Å². The maximum atomic E-state index is 13.5. The Kier molecular flexibility index (Phi) is 7.24. The van der Waals surface area contributed by atoms with Crippen molar-refractivity contribution in [2.24, 2.45) is 5.92 Å². The van der Waals surface area contributed by atoms with E-state index in [-0.39, 0.29) is 11.7 Å². The van der Waals surface area contributed by atoms with Gasteiger partial charge >= 0.3 is 0 Å². The van der Waals surface area contributed by atoms with Crippen molar-refractivity contribution in [2.75, 3.05) is 12.3 Å². The average molecular weight is 367 g/mol. The number of thioether (sulfide) groups is 1. The standard InChI is InChI=1S/C18H23FN2OS2/c1-12(2)10-16-21-13(3)17(24-16)18(22)20-8-9-23-11-14-6-4-5-7-15(14)19/h4-7,12H,8-11H2,1-3H3,(H,20,22). The Labute approximate surface area is 151 Å². The van der Waals surface area contributed by atoms with E-state index in [1.165, 1.54) is 17.4 Å². The molecule has 1 aromatic carbocycles. The van der Waals surface area contributed by atoms with Crippen molar-refractivity contribution < 1.29 is 9.18 Å². The molecule has 0 aliphatic rings. The first-order valence-electron chi connectivity index (χ1n) is 8.03. The van der Waals surface area contributed by atoms with E-state index >= 15 is 0 Å². The summed E-state index contributed by atoms with van der Waals surface area (Å²) in [5.41, 5.74) is 1.50. The highest BCUT2D eigenvalue weighted by Gasteiger charge is 2.15. The minimum absolute atomic E-state index is 0.0634. The summed E-state index contributed by atoms with van der Waals surface area (Å²) in [6, 6.07) is 6.79. The molecule has 0 unspecified atom stereocenters. The zero-order chi connectivity index (χ0) is 17.5. The van der Waals surface area contributed by atoms with Crippen molar-refractivity contribution in [1.29, 1.82) is 0 Å². The smallest absolute Gasteiger partial charge is 0.263 e. The van der Waals surface area contributed by atoms with E-state index < -0.39 is 0 Å². The lowest BCUT2D eigenvalue weighted by atomic mass is 10.1. The van der Waals surface area contributed by atoms with E-state index in [1.54, 1.807) is 23.9 Å². The van der Waals surface area contributed by atoms with Crippen molar-refractivity contribution in [1.82, 2.24) is 10.3 Å². The summed E-state index contributed by atoms with van der Waals surface area (Å²) in [6.07, 6.45) is 0.900. The zero-order valence-corrected chi connectivity index (χ0v) is 15.9. The Balaban J connectivity index is 1.75. The molecule has 0 saturated carbocycles. The van der Waals surface area contributed by atoms with Gasteiger partial charge < -0.3 is 5.32 Å². The first-order chi connectivity index (χ1) is 11.5. The van der Waals surface area contributed by atoms with E-state index in [9.17, 15) is 9.18 Å². The molecule has 2 aromatic rings. The number of hydrogen-bond donors (Lipinski definition) is 1. The molecule has 1 aromatic heterocycles. The average Bonchev–Trinajstić information content (AvgIpc) is 2.88. The van der Waals surface area contributed by atoms with E-state index in [1.807, 2.05) is 13.0 Å². The second-order valence-corrected chi connectivity index (χ2v) is 8.21. The van der Waals surface area contributed by atoms with E-state index in [0.29, 0.717) is 28.7 Å². The quantitative estimate of drug-likeness (QED) is 0.702. The van der Waals surface area contributed by atoms with E-state index in [2.05, 4.69) is 24.1 Å². The fourth-order valence-corrected chi connectivity index (χ4v) is 4.25. The molecule has 130 valence electrons. The molecule has 0 saturated heterocycles. The minimum Gasteiger partial charge on any atom is -0.350 e. The molecule has 0 fully saturated rings. The molecule has 0 aliphatic carbocycles. The van der Waals surface area contributed by atoms with Gasteiger partial charge in [0.25, 0.3) is 5.91 Å².